The van der Waals surface area contributed by atoms with Gasteiger partial charge in [-0.05, 0) is 41.1 Å². The molecular formula is C13H18Br2N2O3. The largest absolute Gasteiger partial charge is 0.307 e. The maximum atomic E-state index is 12.3. The van der Waals surface area contributed by atoms with E-state index in [1.165, 1.54) is 10.8 Å². The van der Waals surface area contributed by atoms with Crippen molar-refractivity contribution in [1.29, 1.82) is 0 Å². The van der Waals surface area contributed by atoms with Crippen molar-refractivity contribution in [3.05, 3.63) is 36.7 Å². The molecule has 0 saturated carbocycles. The second-order valence-electron chi connectivity index (χ2n) is 4.98. The molecule has 0 fully saturated rings. The Hall–Kier alpha value is -0.690. The second kappa shape index (κ2) is 6.85. The van der Waals surface area contributed by atoms with Gasteiger partial charge in [0.05, 0.1) is 15.6 Å². The van der Waals surface area contributed by atoms with Crippen LogP contribution in [0.4, 0.5) is 5.69 Å². The van der Waals surface area contributed by atoms with Crippen molar-refractivity contribution in [3.8, 4) is 0 Å². The Kier molecular flexibility index (Phi) is 5.94. The standard InChI is InChI=1S/C13H18Br2N2O3/c1-4-13(5-2,7-14)8-16-6-10(17(19)20)9(3)11(15)12(16)18/h6H,4-5,7-8H2,1-3H3. The molecule has 0 spiro atoms. The van der Waals surface area contributed by atoms with Gasteiger partial charge >= 0.3 is 0 Å². The number of nitrogens with zero attached hydrogens (tertiary/aromatic N) is 2. The van der Waals surface area contributed by atoms with Crippen molar-refractivity contribution in [1.82, 2.24) is 4.57 Å². The lowest BCUT2D eigenvalue weighted by Gasteiger charge is -2.30. The van der Waals surface area contributed by atoms with Crippen LogP contribution in [-0.2, 0) is 6.54 Å². The SMILES string of the molecule is CCC(CC)(CBr)Cn1cc([N+](=O)[O-])c(C)c(Br)c1=O. The third-order valence-corrected chi connectivity index (χ3v) is 6.05. The number of hydrogen-bond acceptors (Lipinski definition) is 3. The van der Waals surface area contributed by atoms with Crippen molar-refractivity contribution in [2.75, 3.05) is 5.33 Å². The number of halogens is 2. The first-order valence-electron chi connectivity index (χ1n) is 6.41. The van der Waals surface area contributed by atoms with E-state index in [-0.39, 0.29) is 21.1 Å². The van der Waals surface area contributed by atoms with Crippen LogP contribution in [0.15, 0.2) is 15.5 Å². The Morgan fingerprint density at radius 1 is 1.40 bits per heavy atom. The summed E-state index contributed by atoms with van der Waals surface area (Å²) in [7, 11) is 0. The molecule has 112 valence electrons. The normalized spacial score (nSPS) is 11.7. The quantitative estimate of drug-likeness (QED) is 0.404. The van der Waals surface area contributed by atoms with Gasteiger partial charge in [0.1, 0.15) is 0 Å². The molecular weight excluding hydrogens is 392 g/mol. The maximum Gasteiger partial charge on any atom is 0.289 e. The fourth-order valence-electron chi connectivity index (χ4n) is 2.07. The summed E-state index contributed by atoms with van der Waals surface area (Å²) in [5.74, 6) is 0. The van der Waals surface area contributed by atoms with Crippen LogP contribution in [0.25, 0.3) is 0 Å². The fourth-order valence-corrected chi connectivity index (χ4v) is 3.47. The predicted molar refractivity (Wildman–Crippen MR) is 86.6 cm³/mol. The van der Waals surface area contributed by atoms with Gasteiger partial charge in [-0.1, -0.05) is 29.8 Å². The highest BCUT2D eigenvalue weighted by atomic mass is 79.9. The van der Waals surface area contributed by atoms with Gasteiger partial charge in [0.2, 0.25) is 0 Å². The molecule has 0 N–H and O–H groups in total. The van der Waals surface area contributed by atoms with E-state index in [2.05, 4.69) is 45.7 Å². The van der Waals surface area contributed by atoms with Crippen LogP contribution >= 0.6 is 31.9 Å². The summed E-state index contributed by atoms with van der Waals surface area (Å²) in [5.41, 5.74) is 0.0352. The average molecular weight is 410 g/mol. The Balaban J connectivity index is 3.39. The van der Waals surface area contributed by atoms with Gasteiger partial charge < -0.3 is 4.57 Å². The summed E-state index contributed by atoms with van der Waals surface area (Å²) in [6, 6.07) is 0. The van der Waals surface area contributed by atoms with Gasteiger partial charge in [-0.2, -0.15) is 0 Å². The minimum Gasteiger partial charge on any atom is -0.307 e. The van der Waals surface area contributed by atoms with Crippen LogP contribution in [0.2, 0.25) is 0 Å². The van der Waals surface area contributed by atoms with Crippen molar-refractivity contribution in [2.24, 2.45) is 5.41 Å². The van der Waals surface area contributed by atoms with Crippen molar-refractivity contribution < 1.29 is 4.92 Å². The summed E-state index contributed by atoms with van der Waals surface area (Å²) in [6.07, 6.45) is 3.13. The van der Waals surface area contributed by atoms with Crippen LogP contribution < -0.4 is 5.56 Å². The molecule has 0 aliphatic rings. The lowest BCUT2D eigenvalue weighted by Crippen LogP contribution is -2.33. The second-order valence-corrected chi connectivity index (χ2v) is 6.34. The monoisotopic (exact) mass is 408 g/mol. The van der Waals surface area contributed by atoms with Crippen molar-refractivity contribution in [3.63, 3.8) is 0 Å². The minimum absolute atomic E-state index is 0.0350. The molecule has 0 unspecified atom stereocenters. The highest BCUT2D eigenvalue weighted by Crippen LogP contribution is 2.31. The first kappa shape index (κ1) is 17.4. The zero-order valence-electron chi connectivity index (χ0n) is 11.8. The van der Waals surface area contributed by atoms with Gasteiger partial charge in [-0.3, -0.25) is 14.9 Å². The third kappa shape index (κ3) is 3.31. The highest BCUT2D eigenvalue weighted by Gasteiger charge is 2.28. The molecule has 0 atom stereocenters. The number of pyridine rings is 1. The molecule has 0 bridgehead atoms. The van der Waals surface area contributed by atoms with E-state index < -0.39 is 4.92 Å². The Bertz CT molecular complexity index is 557. The summed E-state index contributed by atoms with van der Waals surface area (Å²) < 4.78 is 1.71. The summed E-state index contributed by atoms with van der Waals surface area (Å²) >= 11 is 6.67. The summed E-state index contributed by atoms with van der Waals surface area (Å²) in [4.78, 5) is 22.9. The maximum absolute atomic E-state index is 12.3. The smallest absolute Gasteiger partial charge is 0.289 e. The summed E-state index contributed by atoms with van der Waals surface area (Å²) in [6.45, 7) is 6.16. The molecule has 0 aromatic carbocycles. The lowest BCUT2D eigenvalue weighted by molar-refractivity contribution is -0.386. The lowest BCUT2D eigenvalue weighted by atomic mass is 9.84. The van der Waals surface area contributed by atoms with Crippen molar-refractivity contribution >= 4 is 37.5 Å². The molecule has 7 heteroatoms. The van der Waals surface area contributed by atoms with Crippen LogP contribution in [0.5, 0.6) is 0 Å². The number of rotatable bonds is 6. The van der Waals surface area contributed by atoms with Crippen LogP contribution in [0.3, 0.4) is 0 Å². The van der Waals surface area contributed by atoms with Gasteiger partial charge in [0.25, 0.3) is 11.2 Å². The van der Waals surface area contributed by atoms with E-state index in [0.29, 0.717) is 12.1 Å². The first-order valence-corrected chi connectivity index (χ1v) is 8.33. The average Bonchev–Trinajstić information content (AvgIpc) is 2.44. The van der Waals surface area contributed by atoms with E-state index in [4.69, 9.17) is 0 Å². The topological polar surface area (TPSA) is 65.1 Å². The van der Waals surface area contributed by atoms with Crippen LogP contribution in [0, 0.1) is 22.5 Å². The van der Waals surface area contributed by atoms with Gasteiger partial charge in [-0.15, -0.1) is 0 Å². The fraction of sp³-hybridized carbons (Fsp3) is 0.615. The van der Waals surface area contributed by atoms with Gasteiger partial charge in [-0.25, -0.2) is 0 Å². The van der Waals surface area contributed by atoms with E-state index >= 15 is 0 Å². The molecule has 1 aromatic rings. The summed E-state index contributed by atoms with van der Waals surface area (Å²) in [5, 5.41) is 11.8. The highest BCUT2D eigenvalue weighted by molar-refractivity contribution is 9.10. The Morgan fingerprint density at radius 2 is 1.95 bits per heavy atom. The van der Waals surface area contributed by atoms with Crippen LogP contribution in [-0.4, -0.2) is 14.8 Å². The molecule has 1 aromatic heterocycles. The molecule has 0 radical (unpaired) electrons. The predicted octanol–water partition coefficient (Wildman–Crippen LogP) is 4.03. The van der Waals surface area contributed by atoms with E-state index in [9.17, 15) is 14.9 Å². The third-order valence-electron chi connectivity index (χ3n) is 3.93. The molecule has 1 rings (SSSR count). The number of aromatic nitrogens is 1. The van der Waals surface area contributed by atoms with E-state index in [1.54, 1.807) is 6.92 Å². The van der Waals surface area contributed by atoms with Crippen LogP contribution in [0.1, 0.15) is 32.3 Å². The van der Waals surface area contributed by atoms with Gasteiger partial charge in [0.15, 0.2) is 0 Å². The molecule has 5 nitrogen and oxygen atoms in total. The van der Waals surface area contributed by atoms with Gasteiger partial charge in [0, 0.05) is 17.4 Å². The zero-order valence-corrected chi connectivity index (χ0v) is 15.0. The molecule has 0 aliphatic heterocycles. The number of alkyl halides is 1. The molecule has 1 heterocycles. The minimum atomic E-state index is -0.455. The molecule has 0 saturated heterocycles. The van der Waals surface area contributed by atoms with E-state index in [1.807, 2.05) is 0 Å². The zero-order chi connectivity index (χ0) is 15.5. The first-order chi connectivity index (χ1) is 9.31. The van der Waals surface area contributed by atoms with E-state index in [0.717, 1.165) is 18.2 Å². The Labute approximate surface area is 134 Å². The number of hydrogen-bond donors (Lipinski definition) is 0. The molecule has 20 heavy (non-hydrogen) atoms. The molecule has 0 amide bonds. The number of nitro groups is 1. The molecule has 0 aliphatic carbocycles. The van der Waals surface area contributed by atoms with Crippen molar-refractivity contribution in [2.45, 2.75) is 40.2 Å². The Morgan fingerprint density at radius 3 is 2.35 bits per heavy atom.